The Kier molecular flexibility index (Phi) is 9.88. The van der Waals surface area contributed by atoms with Gasteiger partial charge in [0.25, 0.3) is 0 Å². The quantitative estimate of drug-likeness (QED) is 0.388. The molecule has 8 heteroatoms. The van der Waals surface area contributed by atoms with Crippen molar-refractivity contribution in [2.75, 3.05) is 0 Å². The van der Waals surface area contributed by atoms with E-state index in [1.165, 1.54) is 64.2 Å². The Hall–Kier alpha value is -1.79. The Morgan fingerprint density at radius 2 is 1.54 bits per heavy atom. The molecule has 0 aromatic rings. The van der Waals surface area contributed by atoms with Crippen molar-refractivity contribution in [3.63, 3.8) is 0 Å². The first-order valence-electron chi connectivity index (χ1n) is 8.84. The van der Waals surface area contributed by atoms with Gasteiger partial charge in [-0.05, 0) is 31.2 Å². The summed E-state index contributed by atoms with van der Waals surface area (Å²) in [5.74, 6) is -2.17. The number of amides is 1. The van der Waals surface area contributed by atoms with Gasteiger partial charge in [-0.1, -0.05) is 43.6 Å². The summed E-state index contributed by atoms with van der Waals surface area (Å²) >= 11 is 0. The van der Waals surface area contributed by atoms with Gasteiger partial charge < -0.3 is 16.2 Å². The smallest absolute Gasteiger partial charge is 0.312 e. The summed E-state index contributed by atoms with van der Waals surface area (Å²) in [6.45, 7) is 0. The van der Waals surface area contributed by atoms with Crippen molar-refractivity contribution in [2.45, 2.75) is 88.8 Å². The number of carbonyl (C=O) groups is 2. The number of carbonyl (C=O) groups excluding carboxylic acids is 1. The van der Waals surface area contributed by atoms with Gasteiger partial charge in [-0.25, -0.2) is 0 Å². The number of aliphatic carboxylic acids is 1. The molecule has 8 nitrogen and oxygen atoms in total. The fourth-order valence-corrected chi connectivity index (χ4v) is 3.30. The average Bonchev–Trinajstić information content (AvgIpc) is 2.56. The maximum Gasteiger partial charge on any atom is 0.312 e. The monoisotopic (exact) mass is 339 g/mol. The predicted molar refractivity (Wildman–Crippen MR) is 91.3 cm³/mol. The molecule has 2 aliphatic carbocycles. The van der Waals surface area contributed by atoms with E-state index in [2.05, 4.69) is 21.1 Å². The molecule has 2 saturated carbocycles. The van der Waals surface area contributed by atoms with Gasteiger partial charge in [0.05, 0.1) is 0 Å². The molecule has 0 spiro atoms. The molecular formula is C16H29N5O3. The largest absolute Gasteiger partial charge is 0.481 e. The van der Waals surface area contributed by atoms with E-state index < -0.39 is 24.3 Å². The number of nitrogens with one attached hydrogen (secondary N) is 1. The van der Waals surface area contributed by atoms with E-state index in [1.807, 2.05) is 0 Å². The zero-order chi connectivity index (χ0) is 17.8. The number of carboxylic acids is 1. The first kappa shape index (κ1) is 20.3. The molecule has 136 valence electrons. The third-order valence-corrected chi connectivity index (χ3v) is 4.55. The molecule has 0 radical (unpaired) electrons. The van der Waals surface area contributed by atoms with E-state index in [-0.39, 0.29) is 0 Å². The number of carboxylic acid groups (broad SMARTS) is 1. The SMILES string of the molecule is C1CCC(NC2CCCCC2)CC1.[N-]=[N+]=N[C@H](CC(N)=O)C(=O)O. The molecule has 2 fully saturated rings. The lowest BCUT2D eigenvalue weighted by Gasteiger charge is -2.30. The molecule has 0 unspecified atom stereocenters. The summed E-state index contributed by atoms with van der Waals surface area (Å²) in [5, 5.41) is 15.0. The molecule has 2 rings (SSSR count). The van der Waals surface area contributed by atoms with Crippen molar-refractivity contribution < 1.29 is 14.7 Å². The van der Waals surface area contributed by atoms with Gasteiger partial charge in [0, 0.05) is 23.4 Å². The van der Waals surface area contributed by atoms with Gasteiger partial charge in [0.1, 0.15) is 6.04 Å². The molecular weight excluding hydrogens is 310 g/mol. The number of azide groups is 1. The highest BCUT2D eigenvalue weighted by atomic mass is 16.4. The first-order chi connectivity index (χ1) is 11.5. The van der Waals surface area contributed by atoms with E-state index in [0.717, 1.165) is 12.1 Å². The van der Waals surface area contributed by atoms with Gasteiger partial charge in [-0.2, -0.15) is 0 Å². The number of hydrogen-bond donors (Lipinski definition) is 3. The molecule has 2 aliphatic rings. The molecule has 24 heavy (non-hydrogen) atoms. The second-order valence-electron chi connectivity index (χ2n) is 6.57. The maximum atomic E-state index is 10.2. The van der Waals surface area contributed by atoms with Crippen molar-refractivity contribution in [3.05, 3.63) is 10.4 Å². The van der Waals surface area contributed by atoms with Crippen LogP contribution in [0.1, 0.15) is 70.6 Å². The normalized spacial score (nSPS) is 20.2. The van der Waals surface area contributed by atoms with E-state index in [4.69, 9.17) is 10.6 Å². The van der Waals surface area contributed by atoms with Crippen LogP contribution < -0.4 is 11.1 Å². The topological polar surface area (TPSA) is 141 Å². The summed E-state index contributed by atoms with van der Waals surface area (Å²) in [6, 6.07) is 0.353. The summed E-state index contributed by atoms with van der Waals surface area (Å²) in [4.78, 5) is 22.6. The van der Waals surface area contributed by atoms with Crippen LogP contribution in [0.3, 0.4) is 0 Å². The number of nitrogens with two attached hydrogens (primary N) is 1. The van der Waals surface area contributed by atoms with E-state index in [1.54, 1.807) is 0 Å². The standard InChI is InChI=1S/C12H23N.C4H6N4O3/c1-3-7-11(8-4-1)13-12-9-5-2-6-10-12;5-3(9)1-2(4(10)11)7-8-6/h11-13H,1-10H2;2H,1H2,(H2,5,9)(H,10,11)/t;2-/m.1/s1. The van der Waals surface area contributed by atoms with Crippen LogP contribution in [-0.2, 0) is 9.59 Å². The molecule has 0 heterocycles. The zero-order valence-corrected chi connectivity index (χ0v) is 14.2. The van der Waals surface area contributed by atoms with Crippen LogP contribution >= 0.6 is 0 Å². The minimum atomic E-state index is -1.39. The van der Waals surface area contributed by atoms with Gasteiger partial charge in [-0.15, -0.1) is 0 Å². The Labute approximate surface area is 142 Å². The van der Waals surface area contributed by atoms with Crippen LogP contribution in [-0.4, -0.2) is 35.1 Å². The molecule has 0 bridgehead atoms. The van der Waals surface area contributed by atoms with Crippen molar-refractivity contribution in [1.29, 1.82) is 0 Å². The minimum absolute atomic E-state index is 0.473. The molecule has 4 N–H and O–H groups in total. The summed E-state index contributed by atoms with van der Waals surface area (Å²) in [6.07, 6.45) is 14.1. The summed E-state index contributed by atoms with van der Waals surface area (Å²) in [7, 11) is 0. The van der Waals surface area contributed by atoms with Crippen molar-refractivity contribution in [2.24, 2.45) is 10.8 Å². The fourth-order valence-electron chi connectivity index (χ4n) is 3.30. The van der Waals surface area contributed by atoms with Crippen molar-refractivity contribution >= 4 is 11.9 Å². The highest BCUT2D eigenvalue weighted by Gasteiger charge is 2.19. The van der Waals surface area contributed by atoms with Gasteiger partial charge in [-0.3, -0.25) is 9.59 Å². The number of primary amides is 1. The molecule has 1 amide bonds. The van der Waals surface area contributed by atoms with E-state index in [9.17, 15) is 9.59 Å². The predicted octanol–water partition coefficient (Wildman–Crippen LogP) is 2.87. The van der Waals surface area contributed by atoms with Gasteiger partial charge in [0.15, 0.2) is 0 Å². The third-order valence-electron chi connectivity index (χ3n) is 4.55. The fraction of sp³-hybridized carbons (Fsp3) is 0.875. The second kappa shape index (κ2) is 11.7. The summed E-state index contributed by atoms with van der Waals surface area (Å²) in [5.41, 5.74) is 12.5. The van der Waals surface area contributed by atoms with Crippen LogP contribution in [0.2, 0.25) is 0 Å². The Bertz CT molecular complexity index is 421. The minimum Gasteiger partial charge on any atom is -0.481 e. The van der Waals surface area contributed by atoms with Crippen LogP contribution in [0.25, 0.3) is 10.4 Å². The lowest BCUT2D eigenvalue weighted by atomic mass is 9.91. The Morgan fingerprint density at radius 1 is 1.08 bits per heavy atom. The van der Waals surface area contributed by atoms with Crippen LogP contribution in [0.5, 0.6) is 0 Å². The van der Waals surface area contributed by atoms with Gasteiger partial charge >= 0.3 is 5.97 Å². The van der Waals surface area contributed by atoms with Crippen molar-refractivity contribution in [1.82, 2.24) is 5.32 Å². The average molecular weight is 339 g/mol. The molecule has 1 atom stereocenters. The molecule has 0 aromatic carbocycles. The van der Waals surface area contributed by atoms with Gasteiger partial charge in [0.2, 0.25) is 5.91 Å². The van der Waals surface area contributed by atoms with Crippen molar-refractivity contribution in [3.8, 4) is 0 Å². The lowest BCUT2D eigenvalue weighted by molar-refractivity contribution is -0.140. The number of nitrogens with zero attached hydrogens (tertiary/aromatic N) is 3. The Morgan fingerprint density at radius 3 is 1.88 bits per heavy atom. The summed E-state index contributed by atoms with van der Waals surface area (Å²) < 4.78 is 0. The highest BCUT2D eigenvalue weighted by Crippen LogP contribution is 2.22. The van der Waals surface area contributed by atoms with Crippen LogP contribution in [0.4, 0.5) is 0 Å². The third kappa shape index (κ3) is 8.74. The van der Waals surface area contributed by atoms with Crippen LogP contribution in [0, 0.1) is 0 Å². The first-order valence-corrected chi connectivity index (χ1v) is 8.84. The number of hydrogen-bond acceptors (Lipinski definition) is 4. The highest BCUT2D eigenvalue weighted by molar-refractivity contribution is 5.83. The molecule has 0 aromatic heterocycles. The van der Waals surface area contributed by atoms with E-state index in [0.29, 0.717) is 0 Å². The van der Waals surface area contributed by atoms with Crippen LogP contribution in [0.15, 0.2) is 5.11 Å². The zero-order valence-electron chi connectivity index (χ0n) is 14.2. The molecule has 0 aliphatic heterocycles. The maximum absolute atomic E-state index is 10.2. The lowest BCUT2D eigenvalue weighted by Crippen LogP contribution is -2.40. The second-order valence-corrected chi connectivity index (χ2v) is 6.57. The molecule has 0 saturated heterocycles. The van der Waals surface area contributed by atoms with E-state index >= 15 is 0 Å². The number of rotatable bonds is 6. The Balaban J connectivity index is 0.000000245.